The fourth-order valence-electron chi connectivity index (χ4n) is 3.02. The van der Waals surface area contributed by atoms with Gasteiger partial charge in [0, 0.05) is 12.0 Å². The molecule has 0 aliphatic heterocycles. The van der Waals surface area contributed by atoms with Crippen LogP contribution in [0.5, 0.6) is 0 Å². The van der Waals surface area contributed by atoms with Crippen LogP contribution in [0.25, 0.3) is 0 Å². The molecule has 1 amide bonds. The normalized spacial score (nSPS) is 20.1. The van der Waals surface area contributed by atoms with E-state index in [9.17, 15) is 9.90 Å². The van der Waals surface area contributed by atoms with Crippen molar-refractivity contribution < 1.29 is 9.90 Å². The highest BCUT2D eigenvalue weighted by Crippen LogP contribution is 2.31. The van der Waals surface area contributed by atoms with Crippen molar-refractivity contribution in [1.82, 2.24) is 5.32 Å². The first-order valence-electron chi connectivity index (χ1n) is 7.35. The Hall–Kier alpha value is -2.13. The fourth-order valence-corrected chi connectivity index (χ4v) is 3.02. The van der Waals surface area contributed by atoms with E-state index in [1.54, 1.807) is 0 Å². The number of aryl methyl sites for hydroxylation is 1. The Bertz CT molecular complexity index is 666. The van der Waals surface area contributed by atoms with Crippen molar-refractivity contribution in [3.63, 3.8) is 0 Å². The third-order valence-corrected chi connectivity index (χ3v) is 4.13. The van der Waals surface area contributed by atoms with E-state index in [0.717, 1.165) is 23.1 Å². The van der Waals surface area contributed by atoms with E-state index in [-0.39, 0.29) is 11.9 Å². The number of aliphatic hydroxyl groups is 1. The molecule has 0 bridgehead atoms. The van der Waals surface area contributed by atoms with Gasteiger partial charge in [-0.25, -0.2) is 0 Å². The lowest BCUT2D eigenvalue weighted by Crippen LogP contribution is -2.34. The van der Waals surface area contributed by atoms with E-state index in [4.69, 9.17) is 0 Å². The second-order valence-electron chi connectivity index (χ2n) is 5.43. The molecule has 0 saturated carbocycles. The van der Waals surface area contributed by atoms with Crippen molar-refractivity contribution in [3.8, 4) is 0 Å². The zero-order valence-electron chi connectivity index (χ0n) is 12.0. The topological polar surface area (TPSA) is 49.3 Å². The molecular weight excluding hydrogens is 262 g/mol. The second-order valence-corrected chi connectivity index (χ2v) is 5.43. The first-order chi connectivity index (χ1) is 10.2. The molecule has 2 atom stereocenters. The van der Waals surface area contributed by atoms with Gasteiger partial charge in [-0.05, 0) is 29.2 Å². The van der Waals surface area contributed by atoms with E-state index < -0.39 is 6.10 Å². The number of rotatable bonds is 3. The van der Waals surface area contributed by atoms with Gasteiger partial charge >= 0.3 is 0 Å². The van der Waals surface area contributed by atoms with Crippen molar-refractivity contribution in [2.45, 2.75) is 31.9 Å². The van der Waals surface area contributed by atoms with Gasteiger partial charge in [0.25, 0.3) is 5.91 Å². The Kier molecular flexibility index (Phi) is 3.76. The number of aliphatic hydroxyl groups excluding tert-OH is 1. The minimum absolute atomic E-state index is 0.117. The van der Waals surface area contributed by atoms with Crippen molar-refractivity contribution >= 4 is 5.91 Å². The van der Waals surface area contributed by atoms with Gasteiger partial charge in [-0.2, -0.15) is 0 Å². The summed E-state index contributed by atoms with van der Waals surface area (Å²) in [5.41, 5.74) is 3.85. The summed E-state index contributed by atoms with van der Waals surface area (Å²) >= 11 is 0. The fraction of sp³-hybridized carbons (Fsp3) is 0.278. The number of amides is 1. The van der Waals surface area contributed by atoms with Gasteiger partial charge in [0.05, 0.1) is 12.1 Å². The standard InChI is InChI=1S/C18H19NO2/c1-2-12-7-3-6-10-15(12)18(21)19-17-14-9-5-4-8-13(14)11-16(17)20/h3-10,16-17,20H,2,11H2,1H3,(H,19,21). The van der Waals surface area contributed by atoms with Gasteiger partial charge in [0.2, 0.25) is 0 Å². The number of nitrogens with one attached hydrogen (secondary N) is 1. The van der Waals surface area contributed by atoms with Crippen LogP contribution in [-0.2, 0) is 12.8 Å². The first kappa shape index (κ1) is 13.8. The molecule has 0 radical (unpaired) electrons. The highest BCUT2D eigenvalue weighted by molar-refractivity contribution is 5.96. The molecular formula is C18H19NO2. The van der Waals surface area contributed by atoms with Crippen LogP contribution in [0.2, 0.25) is 0 Å². The van der Waals surface area contributed by atoms with E-state index in [2.05, 4.69) is 5.32 Å². The molecule has 0 saturated heterocycles. The Labute approximate surface area is 124 Å². The summed E-state index contributed by atoms with van der Waals surface area (Å²) in [4.78, 5) is 12.5. The van der Waals surface area contributed by atoms with E-state index in [0.29, 0.717) is 12.0 Å². The van der Waals surface area contributed by atoms with Crippen LogP contribution in [0.4, 0.5) is 0 Å². The average molecular weight is 281 g/mol. The number of carbonyl (C=O) groups excluding carboxylic acids is 1. The monoisotopic (exact) mass is 281 g/mol. The molecule has 1 aliphatic carbocycles. The lowest BCUT2D eigenvalue weighted by molar-refractivity contribution is 0.0857. The smallest absolute Gasteiger partial charge is 0.252 e. The molecule has 3 heteroatoms. The van der Waals surface area contributed by atoms with Crippen LogP contribution in [0, 0.1) is 0 Å². The summed E-state index contributed by atoms with van der Waals surface area (Å²) in [6.07, 6.45) is 0.851. The molecule has 0 fully saturated rings. The summed E-state index contributed by atoms with van der Waals surface area (Å²) < 4.78 is 0. The number of benzene rings is 2. The van der Waals surface area contributed by atoms with Crippen LogP contribution >= 0.6 is 0 Å². The van der Waals surface area contributed by atoms with Crippen LogP contribution in [0.1, 0.15) is 40.0 Å². The lowest BCUT2D eigenvalue weighted by atomic mass is 10.0. The predicted octanol–water partition coefficient (Wildman–Crippen LogP) is 2.64. The van der Waals surface area contributed by atoms with Gasteiger partial charge in [-0.15, -0.1) is 0 Å². The SMILES string of the molecule is CCc1ccccc1C(=O)NC1c2ccccc2CC1O. The molecule has 2 unspecified atom stereocenters. The molecule has 21 heavy (non-hydrogen) atoms. The minimum atomic E-state index is -0.555. The molecule has 0 aromatic heterocycles. The number of hydrogen-bond acceptors (Lipinski definition) is 2. The summed E-state index contributed by atoms with van der Waals surface area (Å²) in [6, 6.07) is 15.2. The van der Waals surface area contributed by atoms with Crippen LogP contribution in [-0.4, -0.2) is 17.1 Å². The third kappa shape index (κ3) is 2.57. The van der Waals surface area contributed by atoms with Crippen molar-refractivity contribution in [2.75, 3.05) is 0 Å². The summed E-state index contributed by atoms with van der Waals surface area (Å²) in [6.45, 7) is 2.03. The molecule has 0 spiro atoms. The highest BCUT2D eigenvalue weighted by Gasteiger charge is 2.32. The maximum Gasteiger partial charge on any atom is 0.252 e. The highest BCUT2D eigenvalue weighted by atomic mass is 16.3. The number of carbonyl (C=O) groups is 1. The van der Waals surface area contributed by atoms with Gasteiger partial charge < -0.3 is 10.4 Å². The number of fused-ring (bicyclic) bond motifs is 1. The molecule has 0 heterocycles. The third-order valence-electron chi connectivity index (χ3n) is 4.13. The molecule has 2 N–H and O–H groups in total. The van der Waals surface area contributed by atoms with Crippen molar-refractivity contribution in [1.29, 1.82) is 0 Å². The summed E-state index contributed by atoms with van der Waals surface area (Å²) in [7, 11) is 0. The maximum absolute atomic E-state index is 12.5. The second kappa shape index (κ2) is 5.70. The molecule has 3 nitrogen and oxygen atoms in total. The van der Waals surface area contributed by atoms with E-state index >= 15 is 0 Å². The van der Waals surface area contributed by atoms with Crippen molar-refractivity contribution in [2.24, 2.45) is 0 Å². The van der Waals surface area contributed by atoms with Gasteiger partial charge in [-0.1, -0.05) is 49.4 Å². The zero-order chi connectivity index (χ0) is 14.8. The zero-order valence-corrected chi connectivity index (χ0v) is 12.0. The summed E-state index contributed by atoms with van der Waals surface area (Å²) in [5, 5.41) is 13.2. The Morgan fingerprint density at radius 1 is 1.19 bits per heavy atom. The Morgan fingerprint density at radius 2 is 1.90 bits per heavy atom. The van der Waals surface area contributed by atoms with E-state index in [1.807, 2.05) is 55.5 Å². The largest absolute Gasteiger partial charge is 0.390 e. The van der Waals surface area contributed by atoms with Gasteiger partial charge in [0.1, 0.15) is 0 Å². The van der Waals surface area contributed by atoms with Crippen LogP contribution < -0.4 is 5.32 Å². The number of hydrogen-bond donors (Lipinski definition) is 2. The predicted molar refractivity (Wildman–Crippen MR) is 82.2 cm³/mol. The maximum atomic E-state index is 12.5. The van der Waals surface area contributed by atoms with Crippen LogP contribution in [0.3, 0.4) is 0 Å². The molecule has 3 rings (SSSR count). The van der Waals surface area contributed by atoms with Gasteiger partial charge in [0.15, 0.2) is 0 Å². The van der Waals surface area contributed by atoms with Gasteiger partial charge in [-0.3, -0.25) is 4.79 Å². The van der Waals surface area contributed by atoms with E-state index in [1.165, 1.54) is 0 Å². The molecule has 2 aromatic carbocycles. The molecule has 1 aliphatic rings. The first-order valence-corrected chi connectivity index (χ1v) is 7.35. The Morgan fingerprint density at radius 3 is 2.71 bits per heavy atom. The minimum Gasteiger partial charge on any atom is -0.390 e. The van der Waals surface area contributed by atoms with Crippen molar-refractivity contribution in [3.05, 3.63) is 70.8 Å². The molecule has 2 aromatic rings. The van der Waals surface area contributed by atoms with Crippen LogP contribution in [0.15, 0.2) is 48.5 Å². The lowest BCUT2D eigenvalue weighted by Gasteiger charge is -2.19. The average Bonchev–Trinajstić information content (AvgIpc) is 2.83. The molecule has 108 valence electrons. The Balaban J connectivity index is 1.85. The quantitative estimate of drug-likeness (QED) is 0.908. The summed E-state index contributed by atoms with van der Waals surface area (Å²) in [5.74, 6) is -0.117.